The van der Waals surface area contributed by atoms with Crippen LogP contribution in [0.1, 0.15) is 31.4 Å². The maximum atomic E-state index is 6.32. The Morgan fingerprint density at radius 1 is 1.37 bits per heavy atom. The molecule has 2 aromatic rings. The van der Waals surface area contributed by atoms with Gasteiger partial charge >= 0.3 is 0 Å². The van der Waals surface area contributed by atoms with Crippen molar-refractivity contribution in [1.29, 1.82) is 0 Å². The second kappa shape index (κ2) is 5.27. The van der Waals surface area contributed by atoms with E-state index < -0.39 is 0 Å². The van der Waals surface area contributed by atoms with Crippen molar-refractivity contribution in [1.82, 2.24) is 9.88 Å². The van der Waals surface area contributed by atoms with Crippen molar-refractivity contribution in [3.63, 3.8) is 0 Å². The van der Waals surface area contributed by atoms with Crippen LogP contribution in [-0.4, -0.2) is 29.0 Å². The average molecular weight is 255 g/mol. The Morgan fingerprint density at radius 2 is 2.26 bits per heavy atom. The summed E-state index contributed by atoms with van der Waals surface area (Å²) < 4.78 is 0. The molecule has 1 aromatic heterocycles. The third kappa shape index (κ3) is 2.36. The lowest BCUT2D eigenvalue weighted by Crippen LogP contribution is -2.32. The molecule has 100 valence electrons. The van der Waals surface area contributed by atoms with Gasteiger partial charge in [0.15, 0.2) is 0 Å². The number of benzene rings is 1. The van der Waals surface area contributed by atoms with E-state index in [9.17, 15) is 0 Å². The van der Waals surface area contributed by atoms with E-state index in [-0.39, 0.29) is 6.04 Å². The predicted octanol–water partition coefficient (Wildman–Crippen LogP) is 2.72. The topological polar surface area (TPSA) is 42.1 Å². The molecule has 0 amide bonds. The van der Waals surface area contributed by atoms with Gasteiger partial charge in [-0.2, -0.15) is 0 Å². The lowest BCUT2D eigenvalue weighted by molar-refractivity contribution is 0.248. The summed E-state index contributed by atoms with van der Waals surface area (Å²) in [5, 5.41) is 1.20. The Morgan fingerprint density at radius 3 is 3.11 bits per heavy atom. The van der Waals surface area contributed by atoms with Gasteiger partial charge in [-0.1, -0.05) is 19.1 Å². The SMILES string of the molecule is CCCN1CCC(N)C1c1ccc2ncccc2c1. The fourth-order valence-electron chi connectivity index (χ4n) is 3.16. The quantitative estimate of drug-likeness (QED) is 0.917. The van der Waals surface area contributed by atoms with E-state index in [1.165, 1.54) is 17.4 Å². The summed E-state index contributed by atoms with van der Waals surface area (Å²) in [6.07, 6.45) is 4.11. The van der Waals surface area contributed by atoms with E-state index in [2.05, 4.69) is 41.1 Å². The summed E-state index contributed by atoms with van der Waals surface area (Å²) in [6.45, 7) is 4.47. The smallest absolute Gasteiger partial charge is 0.0702 e. The first kappa shape index (κ1) is 12.6. The molecule has 0 aliphatic carbocycles. The first-order chi connectivity index (χ1) is 9.29. The van der Waals surface area contributed by atoms with E-state index in [4.69, 9.17) is 5.73 Å². The minimum absolute atomic E-state index is 0.251. The van der Waals surface area contributed by atoms with Crippen LogP contribution in [0.25, 0.3) is 10.9 Å². The van der Waals surface area contributed by atoms with Crippen molar-refractivity contribution < 1.29 is 0 Å². The molecule has 0 saturated carbocycles. The second-order valence-corrected chi connectivity index (χ2v) is 5.39. The minimum atomic E-state index is 0.251. The number of nitrogens with zero attached hydrogens (tertiary/aromatic N) is 2. The lowest BCUT2D eigenvalue weighted by Gasteiger charge is -2.27. The molecule has 19 heavy (non-hydrogen) atoms. The van der Waals surface area contributed by atoms with Gasteiger partial charge in [-0.15, -0.1) is 0 Å². The van der Waals surface area contributed by atoms with Crippen molar-refractivity contribution in [2.75, 3.05) is 13.1 Å². The number of nitrogens with two attached hydrogens (primary N) is 1. The van der Waals surface area contributed by atoms with Crippen LogP contribution in [0.4, 0.5) is 0 Å². The molecule has 1 aliphatic heterocycles. The Labute approximate surface area is 114 Å². The molecule has 1 fully saturated rings. The van der Waals surface area contributed by atoms with E-state index in [0.717, 1.165) is 25.0 Å². The summed E-state index contributed by atoms with van der Waals surface area (Å²) in [5.74, 6) is 0. The normalized spacial score (nSPS) is 24.1. The predicted molar refractivity (Wildman–Crippen MR) is 78.9 cm³/mol. The molecule has 2 atom stereocenters. The summed E-state index contributed by atoms with van der Waals surface area (Å²) in [7, 11) is 0. The van der Waals surface area contributed by atoms with Gasteiger partial charge in [-0.25, -0.2) is 0 Å². The maximum absolute atomic E-state index is 6.32. The Hall–Kier alpha value is -1.45. The number of aromatic nitrogens is 1. The maximum Gasteiger partial charge on any atom is 0.0702 e. The Bertz CT molecular complexity index is 565. The highest BCUT2D eigenvalue weighted by atomic mass is 15.2. The van der Waals surface area contributed by atoms with Crippen LogP contribution in [0.5, 0.6) is 0 Å². The van der Waals surface area contributed by atoms with Crippen LogP contribution in [0.3, 0.4) is 0 Å². The zero-order chi connectivity index (χ0) is 13.2. The van der Waals surface area contributed by atoms with Crippen molar-refractivity contribution in [2.45, 2.75) is 31.8 Å². The molecule has 1 aliphatic rings. The van der Waals surface area contributed by atoms with Crippen molar-refractivity contribution in [2.24, 2.45) is 5.73 Å². The molecule has 1 aromatic carbocycles. The van der Waals surface area contributed by atoms with Crippen LogP contribution in [-0.2, 0) is 0 Å². The molecule has 3 nitrogen and oxygen atoms in total. The third-order valence-corrected chi connectivity index (χ3v) is 4.03. The molecule has 2 unspecified atom stereocenters. The number of likely N-dealkylation sites (tertiary alicyclic amines) is 1. The van der Waals surface area contributed by atoms with Gasteiger partial charge in [0.1, 0.15) is 0 Å². The molecule has 0 bridgehead atoms. The molecule has 1 saturated heterocycles. The minimum Gasteiger partial charge on any atom is -0.326 e. The van der Waals surface area contributed by atoms with Crippen LogP contribution >= 0.6 is 0 Å². The molecule has 2 N–H and O–H groups in total. The average Bonchev–Trinajstić information content (AvgIpc) is 2.80. The van der Waals surface area contributed by atoms with Crippen LogP contribution < -0.4 is 5.73 Å². The van der Waals surface area contributed by atoms with E-state index >= 15 is 0 Å². The highest BCUT2D eigenvalue weighted by molar-refractivity contribution is 5.79. The first-order valence-corrected chi connectivity index (χ1v) is 7.14. The Kier molecular flexibility index (Phi) is 3.49. The van der Waals surface area contributed by atoms with Crippen LogP contribution in [0, 0.1) is 0 Å². The molecular formula is C16H21N3. The second-order valence-electron chi connectivity index (χ2n) is 5.39. The highest BCUT2D eigenvalue weighted by Crippen LogP contribution is 2.32. The van der Waals surface area contributed by atoms with E-state index in [1.54, 1.807) is 0 Å². The largest absolute Gasteiger partial charge is 0.326 e. The number of hydrogen-bond donors (Lipinski definition) is 1. The number of rotatable bonds is 3. The van der Waals surface area contributed by atoms with Gasteiger partial charge < -0.3 is 5.73 Å². The van der Waals surface area contributed by atoms with E-state index in [1.807, 2.05) is 12.3 Å². The van der Waals surface area contributed by atoms with Crippen molar-refractivity contribution in [3.05, 3.63) is 42.1 Å². The number of pyridine rings is 1. The van der Waals surface area contributed by atoms with Crippen LogP contribution in [0.15, 0.2) is 36.5 Å². The summed E-state index contributed by atoms with van der Waals surface area (Å²) in [6, 6.07) is 11.3. The molecule has 3 heteroatoms. The molecular weight excluding hydrogens is 234 g/mol. The summed E-state index contributed by atoms with van der Waals surface area (Å²) in [5.41, 5.74) is 8.71. The zero-order valence-electron chi connectivity index (χ0n) is 11.4. The molecule has 3 rings (SSSR count). The van der Waals surface area contributed by atoms with Crippen molar-refractivity contribution in [3.8, 4) is 0 Å². The zero-order valence-corrected chi connectivity index (χ0v) is 11.4. The van der Waals surface area contributed by atoms with Crippen LogP contribution in [0.2, 0.25) is 0 Å². The van der Waals surface area contributed by atoms with Gasteiger partial charge in [0.25, 0.3) is 0 Å². The fourth-order valence-corrected chi connectivity index (χ4v) is 3.16. The van der Waals surface area contributed by atoms with Gasteiger partial charge in [0, 0.05) is 30.2 Å². The standard InChI is InChI=1S/C16H21N3/c1-2-9-19-10-7-14(17)16(19)13-5-6-15-12(11-13)4-3-8-18-15/h3-6,8,11,14,16H,2,7,9-10,17H2,1H3. The molecule has 0 radical (unpaired) electrons. The number of hydrogen-bond acceptors (Lipinski definition) is 3. The number of fused-ring (bicyclic) bond motifs is 1. The lowest BCUT2D eigenvalue weighted by atomic mass is 9.99. The van der Waals surface area contributed by atoms with Crippen molar-refractivity contribution >= 4 is 10.9 Å². The van der Waals surface area contributed by atoms with Gasteiger partial charge in [-0.05, 0) is 43.1 Å². The molecule has 0 spiro atoms. The third-order valence-electron chi connectivity index (χ3n) is 4.03. The highest BCUT2D eigenvalue weighted by Gasteiger charge is 2.32. The Balaban J connectivity index is 1.97. The summed E-state index contributed by atoms with van der Waals surface area (Å²) in [4.78, 5) is 6.89. The molecule has 2 heterocycles. The fraction of sp³-hybridized carbons (Fsp3) is 0.438. The van der Waals surface area contributed by atoms with E-state index in [0.29, 0.717) is 6.04 Å². The van der Waals surface area contributed by atoms with Gasteiger partial charge in [0.05, 0.1) is 5.52 Å². The monoisotopic (exact) mass is 255 g/mol. The van der Waals surface area contributed by atoms with Gasteiger partial charge in [0.2, 0.25) is 0 Å². The first-order valence-electron chi connectivity index (χ1n) is 7.14. The van der Waals surface area contributed by atoms with Gasteiger partial charge in [-0.3, -0.25) is 9.88 Å². The summed E-state index contributed by atoms with van der Waals surface area (Å²) >= 11 is 0.